The number of imide groups is 1. The van der Waals surface area contributed by atoms with E-state index in [1.165, 1.54) is 12.1 Å². The summed E-state index contributed by atoms with van der Waals surface area (Å²) in [5.74, 6) is -1.97. The van der Waals surface area contributed by atoms with E-state index < -0.39 is 24.0 Å². The molecule has 2 aliphatic heterocycles. The summed E-state index contributed by atoms with van der Waals surface area (Å²) in [6.07, 6.45) is -0.985. The smallest absolute Gasteiger partial charge is 0.266 e. The summed E-state index contributed by atoms with van der Waals surface area (Å²) < 4.78 is 13.6. The van der Waals surface area contributed by atoms with Crippen LogP contribution in [0.1, 0.15) is 17.2 Å². The van der Waals surface area contributed by atoms with Crippen LogP contribution in [0.3, 0.4) is 0 Å². The van der Waals surface area contributed by atoms with Gasteiger partial charge in [0.25, 0.3) is 5.91 Å². The van der Waals surface area contributed by atoms with E-state index in [0.717, 1.165) is 4.90 Å². The molecule has 5 nitrogen and oxygen atoms in total. The molecule has 7 heteroatoms. The molecule has 2 saturated heterocycles. The first-order chi connectivity index (χ1) is 15.0. The Hall–Kier alpha value is -3.22. The van der Waals surface area contributed by atoms with E-state index in [0.29, 0.717) is 27.5 Å². The van der Waals surface area contributed by atoms with Crippen LogP contribution in [0.2, 0.25) is 5.02 Å². The molecule has 0 bridgehead atoms. The molecular formula is C24H18ClFN2O3. The Labute approximate surface area is 183 Å². The van der Waals surface area contributed by atoms with Crippen LogP contribution < -0.4 is 9.96 Å². The molecule has 0 saturated carbocycles. The molecule has 0 N–H and O–H groups in total. The van der Waals surface area contributed by atoms with E-state index in [-0.39, 0.29) is 11.7 Å². The molecule has 2 fully saturated rings. The lowest BCUT2D eigenvalue weighted by Crippen LogP contribution is -2.37. The van der Waals surface area contributed by atoms with Crippen molar-refractivity contribution in [3.05, 3.63) is 94.8 Å². The summed E-state index contributed by atoms with van der Waals surface area (Å²) in [5, 5.41) is 2.05. The number of para-hydroxylation sites is 1. The van der Waals surface area contributed by atoms with E-state index in [9.17, 15) is 14.0 Å². The number of fused-ring (bicyclic) bond motifs is 1. The highest BCUT2D eigenvalue weighted by molar-refractivity contribution is 6.32. The van der Waals surface area contributed by atoms with Crippen molar-refractivity contribution in [2.75, 3.05) is 9.96 Å². The Bertz CT molecular complexity index is 1170. The zero-order chi connectivity index (χ0) is 21.7. The van der Waals surface area contributed by atoms with Gasteiger partial charge in [-0.2, -0.15) is 0 Å². The highest BCUT2D eigenvalue weighted by Crippen LogP contribution is 2.48. The van der Waals surface area contributed by atoms with Crippen molar-refractivity contribution in [3.63, 3.8) is 0 Å². The number of nitrogens with zero attached hydrogens (tertiary/aromatic N) is 2. The van der Waals surface area contributed by atoms with E-state index in [1.807, 2.05) is 30.3 Å². The van der Waals surface area contributed by atoms with Crippen molar-refractivity contribution in [1.82, 2.24) is 0 Å². The molecule has 0 radical (unpaired) electrons. The summed E-state index contributed by atoms with van der Waals surface area (Å²) in [6, 6.07) is 19.7. The van der Waals surface area contributed by atoms with Crippen molar-refractivity contribution >= 4 is 34.8 Å². The van der Waals surface area contributed by atoms with Gasteiger partial charge >= 0.3 is 0 Å². The zero-order valence-electron chi connectivity index (χ0n) is 16.5. The van der Waals surface area contributed by atoms with E-state index >= 15 is 0 Å². The molecule has 0 unspecified atom stereocenters. The van der Waals surface area contributed by atoms with Gasteiger partial charge in [-0.3, -0.25) is 14.4 Å². The number of carbonyl (C=O) groups is 2. The summed E-state index contributed by atoms with van der Waals surface area (Å²) in [5.41, 5.74) is 2.48. The molecular weight excluding hydrogens is 419 g/mol. The van der Waals surface area contributed by atoms with E-state index in [4.69, 9.17) is 16.4 Å². The van der Waals surface area contributed by atoms with Crippen LogP contribution >= 0.6 is 11.6 Å². The third-order valence-electron chi connectivity index (χ3n) is 5.82. The molecule has 2 aliphatic rings. The molecule has 3 aromatic rings. The van der Waals surface area contributed by atoms with Gasteiger partial charge in [-0.05, 0) is 54.4 Å². The molecule has 0 spiro atoms. The fraction of sp³-hybridized carbons (Fsp3) is 0.167. The maximum atomic E-state index is 13.6. The van der Waals surface area contributed by atoms with Gasteiger partial charge in [-0.15, -0.1) is 0 Å². The fourth-order valence-corrected chi connectivity index (χ4v) is 4.46. The number of anilines is 2. The summed E-state index contributed by atoms with van der Waals surface area (Å²) >= 11 is 6.23. The first-order valence-electron chi connectivity index (χ1n) is 9.87. The van der Waals surface area contributed by atoms with Crippen LogP contribution in [0.4, 0.5) is 15.8 Å². The van der Waals surface area contributed by atoms with Gasteiger partial charge in [0.15, 0.2) is 6.10 Å². The number of halogens is 2. The van der Waals surface area contributed by atoms with Crippen molar-refractivity contribution in [3.8, 4) is 0 Å². The third-order valence-corrected chi connectivity index (χ3v) is 6.23. The third kappa shape index (κ3) is 3.10. The number of hydrogen-bond donors (Lipinski definition) is 0. The predicted octanol–water partition coefficient (Wildman–Crippen LogP) is 4.84. The molecule has 3 aromatic carbocycles. The monoisotopic (exact) mass is 436 g/mol. The Kier molecular flexibility index (Phi) is 4.76. The number of benzene rings is 3. The lowest BCUT2D eigenvalue weighted by atomic mass is 9.90. The Morgan fingerprint density at radius 2 is 1.61 bits per heavy atom. The number of carbonyl (C=O) groups excluding carboxylic acids is 2. The van der Waals surface area contributed by atoms with Crippen LogP contribution in [0, 0.1) is 18.7 Å². The van der Waals surface area contributed by atoms with Crippen molar-refractivity contribution < 1.29 is 18.8 Å². The van der Waals surface area contributed by atoms with Crippen molar-refractivity contribution in [1.29, 1.82) is 0 Å². The summed E-state index contributed by atoms with van der Waals surface area (Å²) in [6.45, 7) is 1.76. The minimum absolute atomic E-state index is 0.367. The van der Waals surface area contributed by atoms with Gasteiger partial charge in [-0.25, -0.2) is 14.4 Å². The SMILES string of the molecule is Cc1c(Cl)cccc1N1C(=O)[C@H]2[C@H](ON(c3ccccc3)[C@@H]2c2ccc(F)cc2)C1=O. The Balaban J connectivity index is 1.60. The predicted molar refractivity (Wildman–Crippen MR) is 115 cm³/mol. The number of amides is 2. The summed E-state index contributed by atoms with van der Waals surface area (Å²) in [4.78, 5) is 34.1. The van der Waals surface area contributed by atoms with Gasteiger partial charge in [0.2, 0.25) is 5.91 Å². The highest BCUT2D eigenvalue weighted by Gasteiger charge is 2.60. The lowest BCUT2D eigenvalue weighted by Gasteiger charge is -2.29. The summed E-state index contributed by atoms with van der Waals surface area (Å²) in [7, 11) is 0. The van der Waals surface area contributed by atoms with Crippen LogP contribution in [-0.2, 0) is 14.4 Å². The quantitative estimate of drug-likeness (QED) is 0.551. The first-order valence-corrected chi connectivity index (χ1v) is 10.2. The van der Waals surface area contributed by atoms with Crippen LogP contribution in [-0.4, -0.2) is 17.9 Å². The lowest BCUT2D eigenvalue weighted by molar-refractivity contribution is -0.126. The average molecular weight is 437 g/mol. The first kappa shape index (κ1) is 19.7. The minimum Gasteiger partial charge on any atom is -0.273 e. The molecule has 5 rings (SSSR count). The molecule has 156 valence electrons. The number of rotatable bonds is 3. The van der Waals surface area contributed by atoms with Gasteiger partial charge < -0.3 is 0 Å². The Morgan fingerprint density at radius 1 is 0.903 bits per heavy atom. The molecule has 0 aromatic heterocycles. The molecule has 3 atom stereocenters. The molecule has 31 heavy (non-hydrogen) atoms. The number of hydroxylamine groups is 1. The second kappa shape index (κ2) is 7.48. The highest BCUT2D eigenvalue weighted by atomic mass is 35.5. The Morgan fingerprint density at radius 3 is 2.32 bits per heavy atom. The van der Waals surface area contributed by atoms with Crippen molar-refractivity contribution in [2.45, 2.75) is 19.1 Å². The van der Waals surface area contributed by atoms with Gasteiger partial charge in [0.05, 0.1) is 17.4 Å². The largest absolute Gasteiger partial charge is 0.273 e. The molecule has 0 aliphatic carbocycles. The fourth-order valence-electron chi connectivity index (χ4n) is 4.29. The van der Waals surface area contributed by atoms with E-state index in [2.05, 4.69) is 0 Å². The van der Waals surface area contributed by atoms with Crippen LogP contribution in [0.5, 0.6) is 0 Å². The standard InChI is InChI=1S/C24H18ClFN2O3/c1-14-18(25)8-5-9-19(14)27-23(29)20-21(15-10-12-16(26)13-11-15)28(31-22(20)24(27)30)17-6-3-2-4-7-17/h2-13,20-22H,1H3/t20-,21-,22+/m1/s1. The topological polar surface area (TPSA) is 49.9 Å². The van der Waals surface area contributed by atoms with Gasteiger partial charge in [0, 0.05) is 5.02 Å². The maximum absolute atomic E-state index is 13.6. The minimum atomic E-state index is -0.985. The van der Waals surface area contributed by atoms with Crippen molar-refractivity contribution in [2.24, 2.45) is 5.92 Å². The second-order valence-corrected chi connectivity index (χ2v) is 8.01. The van der Waals surface area contributed by atoms with E-state index in [1.54, 1.807) is 42.3 Å². The zero-order valence-corrected chi connectivity index (χ0v) is 17.3. The number of hydrogen-bond acceptors (Lipinski definition) is 4. The van der Waals surface area contributed by atoms with Gasteiger partial charge in [-0.1, -0.05) is 48.0 Å². The second-order valence-electron chi connectivity index (χ2n) is 7.61. The average Bonchev–Trinajstić information content (AvgIpc) is 3.28. The molecule has 2 heterocycles. The maximum Gasteiger partial charge on any atom is 0.266 e. The normalized spacial score (nSPS) is 22.9. The van der Waals surface area contributed by atoms with Gasteiger partial charge in [0.1, 0.15) is 11.7 Å². The van der Waals surface area contributed by atoms with Crippen LogP contribution in [0.25, 0.3) is 0 Å². The van der Waals surface area contributed by atoms with Crippen LogP contribution in [0.15, 0.2) is 72.8 Å². The molecule has 2 amide bonds.